The van der Waals surface area contributed by atoms with Crippen molar-refractivity contribution >= 4 is 24.0 Å². The van der Waals surface area contributed by atoms with E-state index in [0.29, 0.717) is 0 Å². The maximum Gasteiger partial charge on any atom is 0.514 e. The number of nitrogens with zero attached hydrogens (tertiary/aromatic N) is 2. The van der Waals surface area contributed by atoms with E-state index in [9.17, 15) is 0 Å². The zero-order chi connectivity index (χ0) is 14.4. The SMILES string of the molecule is CC1(C)OB(c2cc(-c3cscn3)ccn2)OC1(C)C. The summed E-state index contributed by atoms with van der Waals surface area (Å²) in [5.74, 6) is 0. The Morgan fingerprint density at radius 2 is 1.80 bits per heavy atom. The lowest BCUT2D eigenvalue weighted by atomic mass is 9.83. The van der Waals surface area contributed by atoms with Crippen LogP contribution in [0.15, 0.2) is 29.2 Å². The van der Waals surface area contributed by atoms with Gasteiger partial charge in [0.1, 0.15) is 0 Å². The summed E-state index contributed by atoms with van der Waals surface area (Å²) >= 11 is 1.58. The van der Waals surface area contributed by atoms with Crippen LogP contribution < -0.4 is 5.59 Å². The summed E-state index contributed by atoms with van der Waals surface area (Å²) < 4.78 is 12.0. The summed E-state index contributed by atoms with van der Waals surface area (Å²) in [6, 6.07) is 3.93. The predicted octanol–water partition coefficient (Wildman–Crippen LogP) is 2.50. The molecule has 0 radical (unpaired) electrons. The van der Waals surface area contributed by atoms with Crippen LogP contribution >= 0.6 is 11.3 Å². The predicted molar refractivity (Wildman–Crippen MR) is 81.1 cm³/mol. The largest absolute Gasteiger partial charge is 0.514 e. The van der Waals surface area contributed by atoms with E-state index in [0.717, 1.165) is 16.9 Å². The summed E-state index contributed by atoms with van der Waals surface area (Å²) in [5.41, 5.74) is 3.89. The second kappa shape index (κ2) is 4.65. The minimum atomic E-state index is -0.432. The summed E-state index contributed by atoms with van der Waals surface area (Å²) in [4.78, 5) is 8.71. The monoisotopic (exact) mass is 288 g/mol. The number of thiazole rings is 1. The lowest BCUT2D eigenvalue weighted by Crippen LogP contribution is -2.41. The molecule has 1 saturated heterocycles. The molecule has 0 saturated carbocycles. The minimum absolute atomic E-state index is 0.351. The fourth-order valence-electron chi connectivity index (χ4n) is 2.06. The third kappa shape index (κ3) is 2.28. The Balaban J connectivity index is 1.91. The second-order valence-corrected chi connectivity index (χ2v) is 6.65. The molecule has 104 valence electrons. The molecule has 0 spiro atoms. The summed E-state index contributed by atoms with van der Waals surface area (Å²) in [6.45, 7) is 8.16. The van der Waals surface area contributed by atoms with Crippen LogP contribution in [-0.4, -0.2) is 28.3 Å². The molecule has 3 heterocycles. The highest BCUT2D eigenvalue weighted by atomic mass is 32.1. The first-order chi connectivity index (χ1) is 9.39. The third-order valence-corrected chi connectivity index (χ3v) is 4.59. The third-order valence-electron chi connectivity index (χ3n) is 4.00. The van der Waals surface area contributed by atoms with Crippen molar-refractivity contribution in [1.29, 1.82) is 0 Å². The molecule has 2 aromatic heterocycles. The molecule has 6 heteroatoms. The van der Waals surface area contributed by atoms with E-state index in [1.807, 2.05) is 50.7 Å². The van der Waals surface area contributed by atoms with Crippen molar-refractivity contribution in [2.75, 3.05) is 0 Å². The van der Waals surface area contributed by atoms with Gasteiger partial charge in [0.15, 0.2) is 0 Å². The van der Waals surface area contributed by atoms with Crippen LogP contribution in [0.1, 0.15) is 27.7 Å². The van der Waals surface area contributed by atoms with E-state index >= 15 is 0 Å². The van der Waals surface area contributed by atoms with Gasteiger partial charge in [-0.3, -0.25) is 4.98 Å². The van der Waals surface area contributed by atoms with Gasteiger partial charge in [-0.2, -0.15) is 0 Å². The molecule has 1 fully saturated rings. The Morgan fingerprint density at radius 3 is 2.40 bits per heavy atom. The zero-order valence-electron chi connectivity index (χ0n) is 12.1. The van der Waals surface area contributed by atoms with Gasteiger partial charge in [-0.15, -0.1) is 11.3 Å². The van der Waals surface area contributed by atoms with Gasteiger partial charge in [0.25, 0.3) is 0 Å². The van der Waals surface area contributed by atoms with Crippen LogP contribution in [0, 0.1) is 0 Å². The second-order valence-electron chi connectivity index (χ2n) is 5.93. The summed E-state index contributed by atoms with van der Waals surface area (Å²) in [7, 11) is -0.432. The van der Waals surface area contributed by atoms with Crippen molar-refractivity contribution in [2.45, 2.75) is 38.9 Å². The van der Waals surface area contributed by atoms with E-state index in [1.54, 1.807) is 17.5 Å². The van der Waals surface area contributed by atoms with Gasteiger partial charge in [0, 0.05) is 17.1 Å². The Morgan fingerprint density at radius 1 is 1.10 bits per heavy atom. The molecule has 0 aliphatic carbocycles. The van der Waals surface area contributed by atoms with Crippen molar-refractivity contribution in [3.63, 3.8) is 0 Å². The topological polar surface area (TPSA) is 44.2 Å². The molecule has 0 atom stereocenters. The van der Waals surface area contributed by atoms with Gasteiger partial charge < -0.3 is 9.31 Å². The molecule has 2 aromatic rings. The number of hydrogen-bond donors (Lipinski definition) is 0. The zero-order valence-corrected chi connectivity index (χ0v) is 12.9. The molecule has 0 aromatic carbocycles. The maximum absolute atomic E-state index is 6.02. The van der Waals surface area contributed by atoms with Crippen molar-refractivity contribution in [2.24, 2.45) is 0 Å². The number of pyridine rings is 1. The fourth-order valence-corrected chi connectivity index (χ4v) is 2.62. The van der Waals surface area contributed by atoms with Gasteiger partial charge in [-0.05, 0) is 39.8 Å². The highest BCUT2D eigenvalue weighted by Gasteiger charge is 2.52. The first-order valence-electron chi connectivity index (χ1n) is 6.59. The Hall–Kier alpha value is -1.24. The molecular formula is C14H17BN2O2S. The van der Waals surface area contributed by atoms with Gasteiger partial charge >= 0.3 is 7.12 Å². The minimum Gasteiger partial charge on any atom is -0.398 e. The smallest absolute Gasteiger partial charge is 0.398 e. The van der Waals surface area contributed by atoms with Crippen LogP contribution in [0.4, 0.5) is 0 Å². The van der Waals surface area contributed by atoms with E-state index < -0.39 is 7.12 Å². The number of hydrogen-bond acceptors (Lipinski definition) is 5. The first-order valence-corrected chi connectivity index (χ1v) is 7.53. The van der Waals surface area contributed by atoms with Gasteiger partial charge in [-0.1, -0.05) is 0 Å². The van der Waals surface area contributed by atoms with Crippen LogP contribution in [0.3, 0.4) is 0 Å². The maximum atomic E-state index is 6.02. The van der Waals surface area contributed by atoms with Crippen molar-refractivity contribution < 1.29 is 9.31 Å². The first kappa shape index (κ1) is 13.7. The Labute approximate surface area is 123 Å². The standard InChI is InChI=1S/C14H17BN2O2S/c1-13(2)14(3,4)19-15(18-13)12-7-10(5-6-16-12)11-8-20-9-17-11/h5-9H,1-4H3. The molecule has 1 aliphatic heterocycles. The number of aromatic nitrogens is 2. The average molecular weight is 288 g/mol. The molecule has 0 unspecified atom stereocenters. The molecule has 0 bridgehead atoms. The van der Waals surface area contributed by atoms with Crippen molar-refractivity contribution in [3.8, 4) is 11.3 Å². The molecule has 0 amide bonds. The van der Waals surface area contributed by atoms with Crippen LogP contribution in [-0.2, 0) is 9.31 Å². The van der Waals surface area contributed by atoms with E-state index in [1.165, 1.54) is 0 Å². The van der Waals surface area contributed by atoms with Crippen LogP contribution in [0.2, 0.25) is 0 Å². The molecule has 20 heavy (non-hydrogen) atoms. The summed E-state index contributed by atoms with van der Waals surface area (Å²) in [6.07, 6.45) is 1.77. The van der Waals surface area contributed by atoms with E-state index in [2.05, 4.69) is 9.97 Å². The summed E-state index contributed by atoms with van der Waals surface area (Å²) in [5, 5.41) is 2.02. The van der Waals surface area contributed by atoms with E-state index in [-0.39, 0.29) is 11.2 Å². The molecular weight excluding hydrogens is 271 g/mol. The van der Waals surface area contributed by atoms with Crippen LogP contribution in [0.5, 0.6) is 0 Å². The van der Waals surface area contributed by atoms with Crippen LogP contribution in [0.25, 0.3) is 11.3 Å². The molecule has 4 nitrogen and oxygen atoms in total. The normalized spacial score (nSPS) is 20.3. The fraction of sp³-hybridized carbons (Fsp3) is 0.429. The molecule has 0 N–H and O–H groups in total. The average Bonchev–Trinajstić information content (AvgIpc) is 2.97. The lowest BCUT2D eigenvalue weighted by Gasteiger charge is -2.32. The Bertz CT molecular complexity index is 597. The van der Waals surface area contributed by atoms with Crippen molar-refractivity contribution in [1.82, 2.24) is 9.97 Å². The Kier molecular flexibility index (Phi) is 3.19. The molecule has 1 aliphatic rings. The number of rotatable bonds is 2. The quantitative estimate of drug-likeness (QED) is 0.796. The van der Waals surface area contributed by atoms with Crippen molar-refractivity contribution in [3.05, 3.63) is 29.2 Å². The van der Waals surface area contributed by atoms with E-state index in [4.69, 9.17) is 9.31 Å². The lowest BCUT2D eigenvalue weighted by molar-refractivity contribution is 0.00578. The van der Waals surface area contributed by atoms with Gasteiger partial charge in [0.05, 0.1) is 28.0 Å². The molecule has 3 rings (SSSR count). The van der Waals surface area contributed by atoms with Gasteiger partial charge in [-0.25, -0.2) is 4.98 Å². The highest BCUT2D eigenvalue weighted by Crippen LogP contribution is 2.36. The highest BCUT2D eigenvalue weighted by molar-refractivity contribution is 7.07. The van der Waals surface area contributed by atoms with Gasteiger partial charge in [0.2, 0.25) is 0 Å².